The molecule has 1 aromatic heterocycles. The Labute approximate surface area is 61.2 Å². The number of hydrogen-bond acceptors (Lipinski definition) is 2. The van der Waals surface area contributed by atoms with Crippen LogP contribution in [0, 0.1) is 6.20 Å². The maximum absolute atomic E-state index is 3.98. The van der Waals surface area contributed by atoms with Crippen molar-refractivity contribution in [3.63, 3.8) is 0 Å². The molecule has 0 aromatic carbocycles. The van der Waals surface area contributed by atoms with Gasteiger partial charge in [-0.25, -0.2) is 0 Å². The van der Waals surface area contributed by atoms with Gasteiger partial charge in [0.1, 0.15) is 6.20 Å². The zero-order chi connectivity index (χ0) is 7.40. The van der Waals surface area contributed by atoms with Gasteiger partial charge in [-0.15, -0.1) is 0 Å². The van der Waals surface area contributed by atoms with Crippen molar-refractivity contribution in [1.29, 1.82) is 0 Å². The summed E-state index contributed by atoms with van der Waals surface area (Å²) in [5, 5.41) is 6.08. The average molecular weight is 138 g/mol. The van der Waals surface area contributed by atoms with Gasteiger partial charge in [0.05, 0.1) is 0 Å². The number of rotatable bonds is 3. The van der Waals surface area contributed by atoms with Crippen molar-refractivity contribution in [3.8, 4) is 0 Å². The third-order valence-electron chi connectivity index (χ3n) is 1.46. The Hall–Kier alpha value is -0.990. The molecular formula is C7H12N3. The lowest BCUT2D eigenvalue weighted by Gasteiger charge is -2.19. The summed E-state index contributed by atoms with van der Waals surface area (Å²) in [6.45, 7) is 6.16. The summed E-state index contributed by atoms with van der Waals surface area (Å²) in [7, 11) is 0. The molecule has 0 amide bonds. The summed E-state index contributed by atoms with van der Waals surface area (Å²) in [6.07, 6.45) is 4.65. The van der Waals surface area contributed by atoms with Crippen molar-refractivity contribution >= 4 is 0 Å². The minimum absolute atomic E-state index is 0.978. The van der Waals surface area contributed by atoms with Crippen LogP contribution in [0.2, 0.25) is 0 Å². The first-order valence-corrected chi connectivity index (χ1v) is 3.55. The quantitative estimate of drug-likeness (QED) is 0.612. The first-order valence-electron chi connectivity index (χ1n) is 3.55. The van der Waals surface area contributed by atoms with Gasteiger partial charge in [0.2, 0.25) is 0 Å². The fourth-order valence-electron chi connectivity index (χ4n) is 0.897. The lowest BCUT2D eigenvalue weighted by Crippen LogP contribution is -2.34. The molecule has 0 N–H and O–H groups in total. The molecule has 0 fully saturated rings. The predicted molar refractivity (Wildman–Crippen MR) is 40.4 cm³/mol. The van der Waals surface area contributed by atoms with E-state index in [0.29, 0.717) is 0 Å². The van der Waals surface area contributed by atoms with Gasteiger partial charge in [-0.1, -0.05) is 0 Å². The normalized spacial score (nSPS) is 9.80. The highest BCUT2D eigenvalue weighted by Crippen LogP contribution is 1.86. The number of nitrogens with zero attached hydrogens (tertiary/aromatic N) is 3. The Bertz CT molecular complexity index is 165. The van der Waals surface area contributed by atoms with Gasteiger partial charge in [0.25, 0.3) is 0 Å². The van der Waals surface area contributed by atoms with E-state index in [-0.39, 0.29) is 0 Å². The van der Waals surface area contributed by atoms with E-state index in [1.165, 1.54) is 0 Å². The Morgan fingerprint density at radius 3 is 2.60 bits per heavy atom. The van der Waals surface area contributed by atoms with Gasteiger partial charge in [0.15, 0.2) is 0 Å². The maximum Gasteiger partial charge on any atom is 0.115 e. The van der Waals surface area contributed by atoms with E-state index in [1.54, 1.807) is 10.9 Å². The lowest BCUT2D eigenvalue weighted by atomic mass is 10.6. The summed E-state index contributed by atoms with van der Waals surface area (Å²) in [5.41, 5.74) is 0. The lowest BCUT2D eigenvalue weighted by molar-refractivity contribution is 0.556. The van der Waals surface area contributed by atoms with E-state index in [1.807, 2.05) is 6.20 Å². The van der Waals surface area contributed by atoms with Crippen LogP contribution in [-0.4, -0.2) is 23.0 Å². The van der Waals surface area contributed by atoms with Crippen LogP contribution in [0.3, 0.4) is 0 Å². The minimum atomic E-state index is 0.978. The fraction of sp³-hybridized carbons (Fsp3) is 0.571. The van der Waals surface area contributed by atoms with Gasteiger partial charge < -0.3 is 0 Å². The van der Waals surface area contributed by atoms with Crippen molar-refractivity contribution < 1.29 is 0 Å². The van der Waals surface area contributed by atoms with E-state index in [9.17, 15) is 0 Å². The average Bonchev–Trinajstić information content (AvgIpc) is 2.43. The molecule has 0 atom stereocenters. The van der Waals surface area contributed by atoms with E-state index < -0.39 is 0 Å². The fourth-order valence-corrected chi connectivity index (χ4v) is 0.897. The second-order valence-corrected chi connectivity index (χ2v) is 2.00. The molecule has 0 saturated heterocycles. The van der Waals surface area contributed by atoms with E-state index in [4.69, 9.17) is 0 Å². The van der Waals surface area contributed by atoms with Gasteiger partial charge >= 0.3 is 0 Å². The highest BCUT2D eigenvalue weighted by Gasteiger charge is 1.96. The summed E-state index contributed by atoms with van der Waals surface area (Å²) in [4.78, 5) is 1.81. The minimum Gasteiger partial charge on any atom is -0.298 e. The molecular weight excluding hydrogens is 126 g/mol. The van der Waals surface area contributed by atoms with Crippen LogP contribution < -0.4 is 5.01 Å². The van der Waals surface area contributed by atoms with Crippen LogP contribution in [0.1, 0.15) is 13.8 Å². The van der Waals surface area contributed by atoms with Crippen LogP contribution in [0.4, 0.5) is 0 Å². The molecule has 0 unspecified atom stereocenters. The van der Waals surface area contributed by atoms with Crippen molar-refractivity contribution in [1.82, 2.24) is 9.89 Å². The van der Waals surface area contributed by atoms with Gasteiger partial charge in [-0.3, -0.25) is 5.01 Å². The second-order valence-electron chi connectivity index (χ2n) is 2.00. The molecule has 3 nitrogen and oxygen atoms in total. The van der Waals surface area contributed by atoms with Crippen LogP contribution in [0.5, 0.6) is 0 Å². The summed E-state index contributed by atoms with van der Waals surface area (Å²) in [5.74, 6) is 0. The van der Waals surface area contributed by atoms with Gasteiger partial charge in [0, 0.05) is 19.3 Å². The van der Waals surface area contributed by atoms with Crippen LogP contribution in [0.15, 0.2) is 12.3 Å². The maximum atomic E-state index is 3.98. The topological polar surface area (TPSA) is 21.1 Å². The molecule has 0 aliphatic rings. The SMILES string of the molecule is CCN(CC)n1cc[c]n1. The van der Waals surface area contributed by atoms with Crippen molar-refractivity contribution in [2.75, 3.05) is 18.1 Å². The highest BCUT2D eigenvalue weighted by atomic mass is 15.6. The molecule has 0 spiro atoms. The Morgan fingerprint density at radius 2 is 2.20 bits per heavy atom. The van der Waals surface area contributed by atoms with Crippen LogP contribution in [0.25, 0.3) is 0 Å². The smallest absolute Gasteiger partial charge is 0.115 e. The monoisotopic (exact) mass is 138 g/mol. The summed E-state index contributed by atoms with van der Waals surface area (Å²) < 4.78 is 0. The third-order valence-corrected chi connectivity index (χ3v) is 1.46. The summed E-state index contributed by atoms with van der Waals surface area (Å²) >= 11 is 0. The highest BCUT2D eigenvalue weighted by molar-refractivity contribution is 4.85. The number of hydrogen-bond donors (Lipinski definition) is 0. The van der Waals surface area contributed by atoms with E-state index in [2.05, 4.69) is 30.2 Å². The Balaban J connectivity index is 2.64. The molecule has 0 aliphatic heterocycles. The first kappa shape index (κ1) is 7.12. The zero-order valence-corrected chi connectivity index (χ0v) is 6.41. The molecule has 0 aliphatic carbocycles. The molecule has 0 saturated carbocycles. The molecule has 1 radical (unpaired) electrons. The molecule has 10 heavy (non-hydrogen) atoms. The molecule has 1 rings (SSSR count). The Kier molecular flexibility index (Phi) is 2.31. The van der Waals surface area contributed by atoms with E-state index >= 15 is 0 Å². The van der Waals surface area contributed by atoms with E-state index in [0.717, 1.165) is 13.1 Å². The van der Waals surface area contributed by atoms with Crippen LogP contribution in [-0.2, 0) is 0 Å². The molecule has 55 valence electrons. The predicted octanol–water partition coefficient (Wildman–Crippen LogP) is 0.661. The Morgan fingerprint density at radius 1 is 1.50 bits per heavy atom. The largest absolute Gasteiger partial charge is 0.298 e. The van der Waals surface area contributed by atoms with Crippen LogP contribution >= 0.6 is 0 Å². The molecule has 1 aromatic rings. The molecule has 1 heterocycles. The zero-order valence-electron chi connectivity index (χ0n) is 6.41. The number of aromatic nitrogens is 2. The molecule has 3 heteroatoms. The second kappa shape index (κ2) is 3.25. The van der Waals surface area contributed by atoms with Crippen molar-refractivity contribution in [2.24, 2.45) is 0 Å². The van der Waals surface area contributed by atoms with Gasteiger partial charge in [-0.05, 0) is 19.9 Å². The first-order chi connectivity index (χ1) is 4.88. The standard InChI is InChI=1S/C7H12N3/c1-3-9(4-2)10-7-5-6-8-10/h5,7H,3-4H2,1-2H3. The third kappa shape index (κ3) is 1.29. The van der Waals surface area contributed by atoms with Gasteiger partial charge in [-0.2, -0.15) is 9.89 Å². The van der Waals surface area contributed by atoms with Crippen molar-refractivity contribution in [2.45, 2.75) is 13.8 Å². The molecule has 0 bridgehead atoms. The summed E-state index contributed by atoms with van der Waals surface area (Å²) in [6, 6.07) is 1.80. The van der Waals surface area contributed by atoms with Crippen molar-refractivity contribution in [3.05, 3.63) is 18.5 Å².